The number of hydrogen-bond donors (Lipinski definition) is 0. The van der Waals surface area contributed by atoms with Gasteiger partial charge < -0.3 is 24.5 Å². The lowest BCUT2D eigenvalue weighted by Gasteiger charge is -2.25. The number of rotatable bonds is 10. The number of likely N-dealkylation sites (N-methyl/N-ethyl adjacent to an activating group) is 2. The molecule has 6 aromatic rings. The maximum Gasteiger partial charge on any atom is 0.344 e. The second-order valence-electron chi connectivity index (χ2n) is 18.5. The molecule has 0 N–H and O–H groups in total. The van der Waals surface area contributed by atoms with Crippen LogP contribution in [0.1, 0.15) is 42.7 Å². The molecule has 3 unspecified atom stereocenters. The van der Waals surface area contributed by atoms with Crippen LogP contribution in [0.15, 0.2) is 167 Å². The van der Waals surface area contributed by atoms with E-state index in [2.05, 4.69) is 152 Å². The van der Waals surface area contributed by atoms with Crippen LogP contribution in [-0.2, 0) is 4.84 Å². The second-order valence-corrected chi connectivity index (χ2v) is 24.5. The van der Waals surface area contributed by atoms with Gasteiger partial charge in [0, 0.05) is 98.3 Å². The Morgan fingerprint density at radius 3 is 1.27 bits per heavy atom. The van der Waals surface area contributed by atoms with Crippen LogP contribution in [0.4, 0.5) is 14.4 Å². The summed E-state index contributed by atoms with van der Waals surface area (Å²) >= 11 is 4.89. The highest BCUT2D eigenvalue weighted by Gasteiger charge is 2.47. The summed E-state index contributed by atoms with van der Waals surface area (Å²) in [6, 6.07) is 33.1. The molecule has 17 heteroatoms. The van der Waals surface area contributed by atoms with Crippen molar-refractivity contribution in [3.8, 4) is 0 Å². The van der Waals surface area contributed by atoms with Gasteiger partial charge in [-0.1, -0.05) is 66.7 Å². The summed E-state index contributed by atoms with van der Waals surface area (Å²) in [6.07, 6.45) is 9.27. The number of allylic oxidation sites excluding steroid dienone is 1. The number of carbonyl (C=O) groups excluding carboxylic acids is 3. The van der Waals surface area contributed by atoms with Crippen LogP contribution in [-0.4, -0.2) is 141 Å². The zero-order chi connectivity index (χ0) is 51.2. The summed E-state index contributed by atoms with van der Waals surface area (Å²) < 4.78 is 0. The minimum atomic E-state index is -1.73. The molecule has 3 aromatic heterocycles. The zero-order valence-corrected chi connectivity index (χ0v) is 45.4. The summed E-state index contributed by atoms with van der Waals surface area (Å²) in [5, 5.41) is 14.7. The van der Waals surface area contributed by atoms with Crippen LogP contribution in [0.2, 0.25) is 0 Å². The average molecular weight is 1050 g/mol. The molecule has 3 aromatic carbocycles. The van der Waals surface area contributed by atoms with E-state index in [-0.39, 0.29) is 36.2 Å². The Morgan fingerprint density at radius 1 is 0.575 bits per heavy atom. The maximum absolute atomic E-state index is 12.2. The number of urea groups is 3. The van der Waals surface area contributed by atoms with E-state index >= 15 is 0 Å². The lowest BCUT2D eigenvalue weighted by molar-refractivity contribution is -0.105. The molecule has 6 bridgehead atoms. The van der Waals surface area contributed by atoms with Gasteiger partial charge in [0.05, 0.1) is 31.1 Å². The van der Waals surface area contributed by atoms with E-state index in [1.165, 1.54) is 48.8 Å². The molecule has 3 saturated heterocycles. The quantitative estimate of drug-likeness (QED) is 0.0991. The number of hydrogen-bond acceptors (Lipinski definition) is 10. The molecule has 0 saturated carbocycles. The molecule has 0 aliphatic carbocycles. The molecular formula is C56H61N9O4PS3+. The first-order valence-corrected chi connectivity index (χ1v) is 28.8. The number of benzene rings is 3. The Hall–Kier alpha value is -6.55. The largest absolute Gasteiger partial charge is 0.344 e. The summed E-state index contributed by atoms with van der Waals surface area (Å²) in [5.41, 5.74) is 7.34. The fourth-order valence-electron chi connectivity index (χ4n) is 10.5. The van der Waals surface area contributed by atoms with Crippen molar-refractivity contribution < 1.29 is 19.2 Å². The van der Waals surface area contributed by atoms with Gasteiger partial charge in [0.2, 0.25) is 0 Å². The zero-order valence-electron chi connectivity index (χ0n) is 42.1. The average Bonchev–Trinajstić information content (AvgIpc) is 4.31. The Kier molecular flexibility index (Phi) is 16.0. The van der Waals surface area contributed by atoms with Crippen LogP contribution in [0, 0.1) is 0 Å². The molecule has 6 aliphatic heterocycles. The summed E-state index contributed by atoms with van der Waals surface area (Å²) in [6.45, 7) is 16.7. The first-order valence-electron chi connectivity index (χ1n) is 24.3. The molecule has 3 atom stereocenters. The van der Waals surface area contributed by atoms with Crippen LogP contribution in [0.25, 0.3) is 16.7 Å². The third kappa shape index (κ3) is 10.2. The topological polar surface area (TPSA) is 119 Å². The summed E-state index contributed by atoms with van der Waals surface area (Å²) in [5.74, 6) is 2.41. The van der Waals surface area contributed by atoms with Crippen molar-refractivity contribution in [1.82, 2.24) is 44.5 Å². The Bertz CT molecular complexity index is 2840. The van der Waals surface area contributed by atoms with Gasteiger partial charge in [0.15, 0.2) is 0 Å². The molecule has 6 aliphatic rings. The monoisotopic (exact) mass is 1050 g/mol. The fourth-order valence-corrected chi connectivity index (χ4v) is 16.8. The number of thiazole rings is 3. The molecular weight excluding hydrogens is 990 g/mol. The van der Waals surface area contributed by atoms with E-state index in [1.54, 1.807) is 51.2 Å². The molecule has 12 rings (SSSR count). The number of fused-ring (bicyclic) bond motifs is 6. The smallest absolute Gasteiger partial charge is 0.319 e. The summed E-state index contributed by atoms with van der Waals surface area (Å²) in [7, 11) is 2.01. The fraction of sp³-hybridized carbons (Fsp3) is 0.286. The maximum atomic E-state index is 12.2. The number of nitrogens with zero attached hydrogens (tertiary/aromatic N) is 9. The number of carbonyl (C=O) groups is 3. The predicted octanol–water partition coefficient (Wildman–Crippen LogP) is 10.0. The highest BCUT2D eigenvalue weighted by molar-refractivity contribution is 7.98. The van der Waals surface area contributed by atoms with E-state index in [0.29, 0.717) is 19.7 Å². The van der Waals surface area contributed by atoms with Crippen LogP contribution < -0.4 is 15.9 Å². The molecule has 0 radical (unpaired) electrons. The van der Waals surface area contributed by atoms with Crippen molar-refractivity contribution >= 4 is 92.0 Å². The van der Waals surface area contributed by atoms with E-state index < -0.39 is 7.26 Å². The Morgan fingerprint density at radius 2 is 0.932 bits per heavy atom. The highest BCUT2D eigenvalue weighted by Crippen LogP contribution is 2.56. The van der Waals surface area contributed by atoms with E-state index in [0.717, 1.165) is 46.8 Å². The Balaban J connectivity index is 0.000000121. The number of hydroxylamine groups is 2. The predicted molar refractivity (Wildman–Crippen MR) is 300 cm³/mol. The van der Waals surface area contributed by atoms with Crippen molar-refractivity contribution in [3.63, 3.8) is 0 Å². The number of amides is 6. The van der Waals surface area contributed by atoms with Gasteiger partial charge in [-0.2, -0.15) is 5.06 Å². The molecule has 6 amide bonds. The van der Waals surface area contributed by atoms with E-state index in [1.807, 2.05) is 62.2 Å². The molecule has 73 heavy (non-hydrogen) atoms. The minimum absolute atomic E-state index is 0.0626. The van der Waals surface area contributed by atoms with Gasteiger partial charge in [-0.15, -0.1) is 40.6 Å². The standard InChI is InChI=1S/C21H20P.C13H15N3O2S.2C11H13N3OS/c1-2-18-22(19-12-6-3-7-13-19,20-14-8-4-9-15-20)21-16-10-5-11-17-21;1-3-5-18-16-10-8-15(13(16)17)7-9(2)11(10)12-14-4-6-19-12;2*1-7-5-14-6-8(13(2)11(14)15)9(7)10-12-3-4-16-10/h2-18H,1H3;3-4,6,10H,1,5,7-8H2,2H3;2*3-4,8H,5-6H2,1-2H3/q+1;;;/b18-2+;;;. The third-order valence-electron chi connectivity index (χ3n) is 13.8. The van der Waals surface area contributed by atoms with E-state index in [4.69, 9.17) is 4.84 Å². The lowest BCUT2D eigenvalue weighted by Crippen LogP contribution is -2.34. The van der Waals surface area contributed by atoms with Gasteiger partial charge in [0.1, 0.15) is 44.2 Å². The van der Waals surface area contributed by atoms with Gasteiger partial charge >= 0.3 is 18.1 Å². The molecule has 13 nitrogen and oxygen atoms in total. The molecule has 376 valence electrons. The van der Waals surface area contributed by atoms with Crippen molar-refractivity contribution in [1.29, 1.82) is 0 Å². The number of aromatic nitrogens is 3. The first-order chi connectivity index (χ1) is 35.5. The highest BCUT2D eigenvalue weighted by atomic mass is 32.1. The van der Waals surface area contributed by atoms with Gasteiger partial charge in [-0.05, 0) is 80.8 Å². The minimum Gasteiger partial charge on any atom is -0.319 e. The second kappa shape index (κ2) is 22.7. The first kappa shape index (κ1) is 51.4. The van der Waals surface area contributed by atoms with Gasteiger partial charge in [0.25, 0.3) is 0 Å². The van der Waals surface area contributed by atoms with Gasteiger partial charge in [-0.25, -0.2) is 29.3 Å². The van der Waals surface area contributed by atoms with Gasteiger partial charge in [-0.3, -0.25) is 4.84 Å². The van der Waals surface area contributed by atoms with E-state index in [9.17, 15) is 14.4 Å². The molecule has 9 heterocycles. The van der Waals surface area contributed by atoms with Crippen LogP contribution in [0.5, 0.6) is 0 Å². The van der Waals surface area contributed by atoms with Crippen molar-refractivity contribution in [2.45, 2.75) is 45.8 Å². The van der Waals surface area contributed by atoms with Crippen LogP contribution in [0.3, 0.4) is 0 Å². The Labute approximate surface area is 441 Å². The van der Waals surface area contributed by atoms with Crippen molar-refractivity contribution in [2.24, 2.45) is 0 Å². The third-order valence-corrected chi connectivity index (χ3v) is 20.4. The van der Waals surface area contributed by atoms with Crippen molar-refractivity contribution in [2.75, 3.05) is 60.0 Å². The molecule has 0 spiro atoms. The lowest BCUT2D eigenvalue weighted by atomic mass is 9.98. The molecule has 3 fully saturated rings. The summed E-state index contributed by atoms with van der Waals surface area (Å²) in [4.78, 5) is 63.8. The SMILES string of the molecule is C/C=C/[P+](c1ccccc1)(c1ccccc1)c1ccccc1.C=CCON1C(=O)N2CC(C)=C(c3nccs3)C1C2.CC1=C(c2nccs2)C2CN(C1)C(=O)N2C.CC1=C(c2nccs2)C2CN(C1)C(=O)N2C. The van der Waals surface area contributed by atoms with Crippen LogP contribution >= 0.6 is 41.3 Å². The van der Waals surface area contributed by atoms with Crippen molar-refractivity contribution in [3.05, 3.63) is 182 Å². The normalized spacial score (nSPS) is 20.1.